The van der Waals surface area contributed by atoms with Gasteiger partial charge in [0.25, 0.3) is 0 Å². The van der Waals surface area contributed by atoms with E-state index in [9.17, 15) is 0 Å². The van der Waals surface area contributed by atoms with Crippen molar-refractivity contribution in [1.29, 1.82) is 0 Å². The lowest BCUT2D eigenvalue weighted by Gasteiger charge is -2.36. The third-order valence-electron chi connectivity index (χ3n) is 3.98. The maximum absolute atomic E-state index is 6.22. The zero-order chi connectivity index (χ0) is 15.4. The first-order valence-electron chi connectivity index (χ1n) is 7.32. The Morgan fingerprint density at radius 1 is 1.20 bits per heavy atom. The molecule has 0 aromatic heterocycles. The Morgan fingerprint density at radius 3 is 2.40 bits per heavy atom. The Bertz CT molecular complexity index is 439. The summed E-state index contributed by atoms with van der Waals surface area (Å²) >= 11 is 0. The van der Waals surface area contributed by atoms with E-state index in [4.69, 9.17) is 14.9 Å². The van der Waals surface area contributed by atoms with E-state index in [0.717, 1.165) is 30.0 Å². The summed E-state index contributed by atoms with van der Waals surface area (Å²) in [6.45, 7) is 14.6. The van der Waals surface area contributed by atoms with E-state index in [1.54, 1.807) is 0 Å². The topological polar surface area (TPSA) is 44.5 Å². The number of nitrogens with two attached hydrogens (primary N) is 1. The number of anilines is 1. The van der Waals surface area contributed by atoms with Gasteiger partial charge in [0.2, 0.25) is 0 Å². The molecule has 3 nitrogen and oxygen atoms in total. The minimum absolute atomic E-state index is 0.206. The van der Waals surface area contributed by atoms with Gasteiger partial charge in [0.15, 0.2) is 8.32 Å². The molecule has 0 spiro atoms. The van der Waals surface area contributed by atoms with E-state index in [1.165, 1.54) is 0 Å². The van der Waals surface area contributed by atoms with Crippen LogP contribution in [0.5, 0.6) is 5.75 Å². The van der Waals surface area contributed by atoms with Gasteiger partial charge in [0.05, 0.1) is 13.2 Å². The van der Waals surface area contributed by atoms with E-state index in [-0.39, 0.29) is 5.04 Å². The second-order valence-corrected chi connectivity index (χ2v) is 11.6. The van der Waals surface area contributed by atoms with Gasteiger partial charge in [-0.3, -0.25) is 0 Å². The van der Waals surface area contributed by atoms with Gasteiger partial charge in [-0.15, -0.1) is 0 Å². The SMILES string of the molecule is CCCOc1ccc(N)c(CO[Si](C)(C)C(C)(C)C)c1. The van der Waals surface area contributed by atoms with Crippen molar-refractivity contribution in [2.24, 2.45) is 0 Å². The van der Waals surface area contributed by atoms with Crippen LogP contribution in [0.25, 0.3) is 0 Å². The van der Waals surface area contributed by atoms with Crippen molar-refractivity contribution >= 4 is 14.0 Å². The molecule has 2 N–H and O–H groups in total. The lowest BCUT2D eigenvalue weighted by atomic mass is 10.2. The standard InChI is InChI=1S/C16H29NO2Si/c1-7-10-18-14-8-9-15(17)13(11-14)12-19-20(5,6)16(2,3)4/h8-9,11H,7,10,12,17H2,1-6H3. The molecule has 0 atom stereocenters. The van der Waals surface area contributed by atoms with Crippen molar-refractivity contribution in [2.75, 3.05) is 12.3 Å². The van der Waals surface area contributed by atoms with Crippen molar-refractivity contribution in [2.45, 2.75) is 58.9 Å². The van der Waals surface area contributed by atoms with Crippen molar-refractivity contribution in [1.82, 2.24) is 0 Å². The molecule has 0 unspecified atom stereocenters. The molecule has 0 aliphatic rings. The van der Waals surface area contributed by atoms with Crippen LogP contribution in [-0.4, -0.2) is 14.9 Å². The minimum Gasteiger partial charge on any atom is -0.494 e. The summed E-state index contributed by atoms with van der Waals surface area (Å²) in [6, 6.07) is 5.81. The molecule has 1 rings (SSSR count). The highest BCUT2D eigenvalue weighted by atomic mass is 28.4. The molecule has 1 aromatic carbocycles. The highest BCUT2D eigenvalue weighted by Crippen LogP contribution is 2.37. The Morgan fingerprint density at radius 2 is 1.85 bits per heavy atom. The maximum atomic E-state index is 6.22. The Labute approximate surface area is 124 Å². The molecule has 0 aliphatic carbocycles. The van der Waals surface area contributed by atoms with Crippen molar-refractivity contribution < 1.29 is 9.16 Å². The zero-order valence-corrected chi connectivity index (χ0v) is 14.7. The summed E-state index contributed by atoms with van der Waals surface area (Å²) in [5.41, 5.74) is 7.82. The van der Waals surface area contributed by atoms with E-state index in [0.29, 0.717) is 6.61 Å². The van der Waals surface area contributed by atoms with Crippen molar-refractivity contribution in [3.8, 4) is 5.75 Å². The van der Waals surface area contributed by atoms with Crippen LogP contribution in [0, 0.1) is 0 Å². The molecule has 0 saturated carbocycles. The van der Waals surface area contributed by atoms with Gasteiger partial charge in [-0.1, -0.05) is 27.7 Å². The molecule has 0 fully saturated rings. The zero-order valence-electron chi connectivity index (χ0n) is 13.7. The van der Waals surface area contributed by atoms with Crippen LogP contribution in [0.4, 0.5) is 5.69 Å². The first kappa shape index (κ1) is 17.0. The monoisotopic (exact) mass is 295 g/mol. The fourth-order valence-electron chi connectivity index (χ4n) is 1.49. The summed E-state index contributed by atoms with van der Waals surface area (Å²) in [4.78, 5) is 0. The van der Waals surface area contributed by atoms with Crippen LogP contribution in [0.15, 0.2) is 18.2 Å². The average molecular weight is 295 g/mol. The number of hydrogen-bond donors (Lipinski definition) is 1. The molecule has 0 radical (unpaired) electrons. The molecule has 0 amide bonds. The summed E-state index contributed by atoms with van der Waals surface area (Å²) in [5, 5.41) is 0.206. The van der Waals surface area contributed by atoms with Gasteiger partial charge in [-0.05, 0) is 42.8 Å². The lowest BCUT2D eigenvalue weighted by Crippen LogP contribution is -2.40. The number of benzene rings is 1. The third kappa shape index (κ3) is 4.53. The van der Waals surface area contributed by atoms with E-state index in [1.807, 2.05) is 18.2 Å². The van der Waals surface area contributed by atoms with Crippen LogP contribution in [-0.2, 0) is 11.0 Å². The second-order valence-electron chi connectivity index (χ2n) is 6.76. The number of rotatable bonds is 6. The highest BCUT2D eigenvalue weighted by Gasteiger charge is 2.37. The Kier molecular flexibility index (Phi) is 5.65. The fraction of sp³-hybridized carbons (Fsp3) is 0.625. The van der Waals surface area contributed by atoms with Gasteiger partial charge in [-0.25, -0.2) is 0 Å². The van der Waals surface area contributed by atoms with Crippen LogP contribution in [0.1, 0.15) is 39.7 Å². The third-order valence-corrected chi connectivity index (χ3v) is 8.46. The Balaban J connectivity index is 2.77. The molecule has 1 aromatic rings. The largest absolute Gasteiger partial charge is 0.494 e. The van der Waals surface area contributed by atoms with E-state index in [2.05, 4.69) is 40.8 Å². The van der Waals surface area contributed by atoms with Crippen LogP contribution >= 0.6 is 0 Å². The van der Waals surface area contributed by atoms with Gasteiger partial charge in [0, 0.05) is 11.3 Å². The summed E-state index contributed by atoms with van der Waals surface area (Å²) in [5.74, 6) is 0.870. The first-order valence-corrected chi connectivity index (χ1v) is 10.2. The van der Waals surface area contributed by atoms with Crippen molar-refractivity contribution in [3.63, 3.8) is 0 Å². The van der Waals surface area contributed by atoms with E-state index < -0.39 is 8.32 Å². The highest BCUT2D eigenvalue weighted by molar-refractivity contribution is 6.74. The number of hydrogen-bond acceptors (Lipinski definition) is 3. The first-order chi connectivity index (χ1) is 9.17. The van der Waals surface area contributed by atoms with Gasteiger partial charge in [-0.2, -0.15) is 0 Å². The number of ether oxygens (including phenoxy) is 1. The molecule has 0 saturated heterocycles. The lowest BCUT2D eigenvalue weighted by molar-refractivity contribution is 0.275. The molecule has 20 heavy (non-hydrogen) atoms. The van der Waals surface area contributed by atoms with Crippen LogP contribution in [0.3, 0.4) is 0 Å². The summed E-state index contributed by atoms with van der Waals surface area (Å²) in [7, 11) is -1.75. The van der Waals surface area contributed by atoms with Crippen LogP contribution < -0.4 is 10.5 Å². The van der Waals surface area contributed by atoms with Gasteiger partial charge < -0.3 is 14.9 Å². The molecular weight excluding hydrogens is 266 g/mol. The molecule has 0 aliphatic heterocycles. The average Bonchev–Trinajstić information content (AvgIpc) is 2.35. The van der Waals surface area contributed by atoms with Crippen LogP contribution in [0.2, 0.25) is 18.1 Å². The quantitative estimate of drug-likeness (QED) is 0.617. The maximum Gasteiger partial charge on any atom is 0.192 e. The predicted octanol–water partition coefficient (Wildman–Crippen LogP) is 4.58. The number of nitrogen functional groups attached to an aromatic ring is 1. The minimum atomic E-state index is -1.75. The van der Waals surface area contributed by atoms with Gasteiger partial charge >= 0.3 is 0 Å². The van der Waals surface area contributed by atoms with Gasteiger partial charge in [0.1, 0.15) is 5.75 Å². The van der Waals surface area contributed by atoms with Crippen molar-refractivity contribution in [3.05, 3.63) is 23.8 Å². The second kappa shape index (κ2) is 6.63. The fourth-order valence-corrected chi connectivity index (χ4v) is 2.44. The smallest absolute Gasteiger partial charge is 0.192 e. The summed E-state index contributed by atoms with van der Waals surface area (Å²) < 4.78 is 11.9. The molecule has 0 heterocycles. The predicted molar refractivity (Wildman–Crippen MR) is 88.6 cm³/mol. The normalized spacial score (nSPS) is 12.5. The molecule has 4 heteroatoms. The summed E-state index contributed by atoms with van der Waals surface area (Å²) in [6.07, 6.45) is 1.00. The van der Waals surface area contributed by atoms with E-state index >= 15 is 0 Å². The molecule has 0 bridgehead atoms. The molecular formula is C16H29NO2Si. The molecule has 114 valence electrons. The Hall–Kier alpha value is -1.00.